The van der Waals surface area contributed by atoms with E-state index in [0.717, 1.165) is 0 Å². The Hall–Kier alpha value is -2.85. The molecule has 0 aromatic heterocycles. The minimum absolute atomic E-state index is 0.317. The lowest BCUT2D eigenvalue weighted by molar-refractivity contribution is -0.139. The number of carboxylic acid groups (broad SMARTS) is 1. The maximum absolute atomic E-state index is 12.3. The van der Waals surface area contributed by atoms with Gasteiger partial charge in [0.05, 0.1) is 22.3 Å². The number of benzene rings is 2. The fourth-order valence-corrected chi connectivity index (χ4v) is 3.68. The standard InChI is InChI=1S/C20H18Br2N2O6/c1-3-6-29-16-5-4-13(9-17(16)28-2)20(27)24-23-10-12-7-14(21)19(15(22)8-12)30-11-18(25)26/h3-5,7-10H,1,6,11H2,2H3,(H,24,27)(H,25,26)/b23-10+. The first-order valence-corrected chi connectivity index (χ1v) is 10.0. The minimum Gasteiger partial charge on any atom is -0.493 e. The lowest BCUT2D eigenvalue weighted by Gasteiger charge is -2.10. The number of hydrogen-bond acceptors (Lipinski definition) is 6. The van der Waals surface area contributed by atoms with Gasteiger partial charge in [-0.15, -0.1) is 0 Å². The first kappa shape index (κ1) is 23.4. The average molecular weight is 542 g/mol. The van der Waals surface area contributed by atoms with E-state index in [4.69, 9.17) is 19.3 Å². The minimum atomic E-state index is -1.08. The van der Waals surface area contributed by atoms with Gasteiger partial charge < -0.3 is 19.3 Å². The molecule has 10 heteroatoms. The monoisotopic (exact) mass is 540 g/mol. The lowest BCUT2D eigenvalue weighted by Crippen LogP contribution is -2.17. The first-order valence-electron chi connectivity index (χ1n) is 8.44. The van der Waals surface area contributed by atoms with Crippen LogP contribution < -0.4 is 19.6 Å². The molecule has 0 aliphatic heterocycles. The van der Waals surface area contributed by atoms with E-state index in [-0.39, 0.29) is 0 Å². The van der Waals surface area contributed by atoms with E-state index in [0.29, 0.717) is 43.9 Å². The van der Waals surface area contributed by atoms with Crippen LogP contribution in [-0.4, -0.2) is 43.5 Å². The molecule has 0 aliphatic rings. The number of hydrazone groups is 1. The first-order chi connectivity index (χ1) is 14.3. The predicted molar refractivity (Wildman–Crippen MR) is 119 cm³/mol. The smallest absolute Gasteiger partial charge is 0.341 e. The molecule has 8 nitrogen and oxygen atoms in total. The van der Waals surface area contributed by atoms with E-state index in [9.17, 15) is 9.59 Å². The van der Waals surface area contributed by atoms with Gasteiger partial charge in [-0.05, 0) is 67.8 Å². The number of carboxylic acids is 1. The fraction of sp³-hybridized carbons (Fsp3) is 0.150. The molecule has 2 N–H and O–H groups in total. The van der Waals surface area contributed by atoms with E-state index < -0.39 is 18.5 Å². The normalized spacial score (nSPS) is 10.5. The molecular weight excluding hydrogens is 524 g/mol. The summed E-state index contributed by atoms with van der Waals surface area (Å²) in [5.74, 6) is -0.251. The molecule has 2 aromatic carbocycles. The Labute approximate surface area is 189 Å². The number of nitrogens with zero attached hydrogens (tertiary/aromatic N) is 1. The van der Waals surface area contributed by atoms with Gasteiger partial charge in [0, 0.05) is 5.56 Å². The highest BCUT2D eigenvalue weighted by Gasteiger charge is 2.12. The van der Waals surface area contributed by atoms with Gasteiger partial charge in [0.2, 0.25) is 0 Å². The van der Waals surface area contributed by atoms with Gasteiger partial charge in [-0.25, -0.2) is 10.2 Å². The van der Waals surface area contributed by atoms with Crippen LogP contribution in [0.2, 0.25) is 0 Å². The quantitative estimate of drug-likeness (QED) is 0.267. The predicted octanol–water partition coefficient (Wildman–Crippen LogP) is 4.01. The lowest BCUT2D eigenvalue weighted by atomic mass is 10.2. The number of hydrogen-bond donors (Lipinski definition) is 2. The number of carbonyl (C=O) groups is 2. The summed E-state index contributed by atoms with van der Waals surface area (Å²) in [5.41, 5.74) is 3.42. The van der Waals surface area contributed by atoms with Crippen molar-refractivity contribution < 1.29 is 28.9 Å². The second-order valence-electron chi connectivity index (χ2n) is 5.66. The van der Waals surface area contributed by atoms with Crippen molar-refractivity contribution in [2.24, 2.45) is 5.10 Å². The van der Waals surface area contributed by atoms with E-state index in [1.165, 1.54) is 13.3 Å². The van der Waals surface area contributed by atoms with Crippen LogP contribution in [0.3, 0.4) is 0 Å². The summed E-state index contributed by atoms with van der Waals surface area (Å²) in [7, 11) is 1.48. The van der Waals surface area contributed by atoms with Crippen LogP contribution in [0, 0.1) is 0 Å². The zero-order chi connectivity index (χ0) is 22.1. The van der Waals surface area contributed by atoms with Crippen LogP contribution >= 0.6 is 31.9 Å². The highest BCUT2D eigenvalue weighted by atomic mass is 79.9. The molecule has 0 saturated carbocycles. The molecular formula is C20H18Br2N2O6. The summed E-state index contributed by atoms with van der Waals surface area (Å²) in [6.45, 7) is 3.43. The molecule has 158 valence electrons. The van der Waals surface area contributed by atoms with E-state index in [1.54, 1.807) is 36.4 Å². The number of carbonyl (C=O) groups excluding carboxylic acids is 1. The van der Waals surface area contributed by atoms with Crippen molar-refractivity contribution in [1.29, 1.82) is 0 Å². The fourth-order valence-electron chi connectivity index (χ4n) is 2.23. The zero-order valence-corrected chi connectivity index (χ0v) is 19.0. The Balaban J connectivity index is 2.07. The van der Waals surface area contributed by atoms with E-state index in [1.807, 2.05) is 0 Å². The van der Waals surface area contributed by atoms with Crippen molar-refractivity contribution in [3.63, 3.8) is 0 Å². The van der Waals surface area contributed by atoms with Crippen LogP contribution in [0.15, 0.2) is 57.0 Å². The van der Waals surface area contributed by atoms with E-state index in [2.05, 4.69) is 49.0 Å². The van der Waals surface area contributed by atoms with Gasteiger partial charge in [-0.3, -0.25) is 4.79 Å². The molecule has 0 aliphatic carbocycles. The second kappa shape index (κ2) is 11.4. The summed E-state index contributed by atoms with van der Waals surface area (Å²) >= 11 is 6.63. The van der Waals surface area contributed by atoms with Crippen LogP contribution in [0.5, 0.6) is 17.2 Å². The van der Waals surface area contributed by atoms with Crippen molar-refractivity contribution in [2.75, 3.05) is 20.3 Å². The van der Waals surface area contributed by atoms with Gasteiger partial charge in [0.25, 0.3) is 5.91 Å². The van der Waals surface area contributed by atoms with Crippen molar-refractivity contribution in [3.05, 3.63) is 63.1 Å². The van der Waals surface area contributed by atoms with Crippen molar-refractivity contribution in [2.45, 2.75) is 0 Å². The maximum atomic E-state index is 12.3. The van der Waals surface area contributed by atoms with Crippen LogP contribution in [0.25, 0.3) is 0 Å². The van der Waals surface area contributed by atoms with Crippen LogP contribution in [-0.2, 0) is 4.79 Å². The molecule has 2 aromatic rings. The van der Waals surface area contributed by atoms with Gasteiger partial charge in [-0.2, -0.15) is 5.10 Å². The number of halogens is 2. The van der Waals surface area contributed by atoms with Gasteiger partial charge >= 0.3 is 5.97 Å². The highest BCUT2D eigenvalue weighted by Crippen LogP contribution is 2.34. The molecule has 0 bridgehead atoms. The topological polar surface area (TPSA) is 106 Å². The summed E-state index contributed by atoms with van der Waals surface area (Å²) in [6, 6.07) is 8.11. The molecule has 0 heterocycles. The SMILES string of the molecule is C=CCOc1ccc(C(=O)N/N=C/c2cc(Br)c(OCC(=O)O)c(Br)c2)cc1OC. The van der Waals surface area contributed by atoms with Crippen molar-refractivity contribution >= 4 is 50.0 Å². The second-order valence-corrected chi connectivity index (χ2v) is 7.37. The number of aliphatic carboxylic acids is 1. The molecule has 0 unspecified atom stereocenters. The van der Waals surface area contributed by atoms with Gasteiger partial charge in [-0.1, -0.05) is 12.7 Å². The number of nitrogens with one attached hydrogen (secondary N) is 1. The molecule has 0 saturated heterocycles. The highest BCUT2D eigenvalue weighted by molar-refractivity contribution is 9.11. The Morgan fingerprint density at radius 1 is 1.17 bits per heavy atom. The molecule has 0 atom stereocenters. The number of methoxy groups -OCH3 is 1. The average Bonchev–Trinajstić information content (AvgIpc) is 2.71. The molecule has 0 radical (unpaired) electrons. The maximum Gasteiger partial charge on any atom is 0.341 e. The number of ether oxygens (including phenoxy) is 3. The summed E-state index contributed by atoms with van der Waals surface area (Å²) < 4.78 is 17.0. The van der Waals surface area contributed by atoms with Crippen LogP contribution in [0.4, 0.5) is 0 Å². The largest absolute Gasteiger partial charge is 0.493 e. The zero-order valence-electron chi connectivity index (χ0n) is 15.9. The van der Waals surface area contributed by atoms with Gasteiger partial charge in [0.15, 0.2) is 18.1 Å². The summed E-state index contributed by atoms with van der Waals surface area (Å²) in [5, 5.41) is 12.7. The Morgan fingerprint density at radius 3 is 2.47 bits per heavy atom. The third kappa shape index (κ3) is 6.60. The molecule has 0 fully saturated rings. The Morgan fingerprint density at radius 2 is 1.87 bits per heavy atom. The third-order valence-corrected chi connectivity index (χ3v) is 4.70. The Bertz CT molecular complexity index is 955. The third-order valence-electron chi connectivity index (χ3n) is 3.52. The summed E-state index contributed by atoms with van der Waals surface area (Å²) in [6.07, 6.45) is 3.05. The molecule has 0 spiro atoms. The van der Waals surface area contributed by atoms with E-state index >= 15 is 0 Å². The van der Waals surface area contributed by atoms with Crippen molar-refractivity contribution in [3.8, 4) is 17.2 Å². The van der Waals surface area contributed by atoms with Crippen molar-refractivity contribution in [1.82, 2.24) is 5.43 Å². The number of amides is 1. The Kier molecular flexibility index (Phi) is 8.88. The molecule has 30 heavy (non-hydrogen) atoms. The molecule has 2 rings (SSSR count). The number of rotatable bonds is 10. The van der Waals surface area contributed by atoms with Crippen LogP contribution in [0.1, 0.15) is 15.9 Å². The summed E-state index contributed by atoms with van der Waals surface area (Å²) in [4.78, 5) is 23.0. The molecule has 1 amide bonds. The van der Waals surface area contributed by atoms with Gasteiger partial charge in [0.1, 0.15) is 12.4 Å².